The molecule has 3 aromatic heterocycles. The summed E-state index contributed by atoms with van der Waals surface area (Å²) >= 11 is 0. The Morgan fingerprint density at radius 3 is 1.93 bits per heavy atom. The van der Waals surface area contributed by atoms with Crippen molar-refractivity contribution >= 4 is 31.3 Å². The first-order valence-electron chi connectivity index (χ1n) is 20.5. The summed E-state index contributed by atoms with van der Waals surface area (Å²) in [5.74, 6) is 2.07. The monoisotopic (exact) mass is 806 g/mol. The van der Waals surface area contributed by atoms with E-state index in [1.807, 2.05) is 64.6 Å². The first-order chi connectivity index (χ1) is 27.4. The number of benzene rings is 2. The fourth-order valence-electron chi connectivity index (χ4n) is 7.50. The van der Waals surface area contributed by atoms with Crippen LogP contribution < -0.4 is 0 Å². The van der Waals surface area contributed by atoms with E-state index in [0.29, 0.717) is 25.5 Å². The zero-order chi connectivity index (χ0) is 41.4. The Morgan fingerprint density at radius 1 is 0.759 bits per heavy atom. The van der Waals surface area contributed by atoms with Gasteiger partial charge in [-0.3, -0.25) is 14.4 Å². The minimum Gasteiger partial charge on any atom is -0.444 e. The van der Waals surface area contributed by atoms with Crippen LogP contribution in [0.2, 0.25) is 25.7 Å². The molecule has 5 aromatic rings. The summed E-state index contributed by atoms with van der Waals surface area (Å²) in [4.78, 5) is 52.6. The summed E-state index contributed by atoms with van der Waals surface area (Å²) in [5, 5.41) is 0. The molecule has 308 valence electrons. The molecule has 0 radical (unpaired) electrons. The zero-order valence-corrected chi connectivity index (χ0v) is 36.5. The maximum atomic E-state index is 13.2. The lowest BCUT2D eigenvalue weighted by molar-refractivity contribution is 0.0199. The number of imidazole rings is 2. The van der Waals surface area contributed by atoms with Gasteiger partial charge >= 0.3 is 12.2 Å². The summed E-state index contributed by atoms with van der Waals surface area (Å²) in [6.07, 6.45) is 8.22. The second-order valence-corrected chi connectivity index (χ2v) is 24.3. The van der Waals surface area contributed by atoms with Crippen molar-refractivity contribution in [2.24, 2.45) is 0 Å². The molecule has 2 aliphatic heterocycles. The molecule has 0 bridgehead atoms. The van der Waals surface area contributed by atoms with E-state index in [4.69, 9.17) is 34.1 Å². The van der Waals surface area contributed by atoms with Crippen LogP contribution in [0, 0.1) is 0 Å². The number of H-pyrrole nitrogens is 1. The van der Waals surface area contributed by atoms with Crippen LogP contribution >= 0.6 is 0 Å². The average molecular weight is 807 g/mol. The lowest BCUT2D eigenvalue weighted by Gasteiger charge is -2.28. The largest absolute Gasteiger partial charge is 0.444 e. The first-order valence-corrected chi connectivity index (χ1v) is 24.2. The third kappa shape index (κ3) is 9.61. The molecule has 2 saturated heterocycles. The molecule has 2 aromatic carbocycles. The molecule has 0 spiro atoms. The molecule has 58 heavy (non-hydrogen) atoms. The molecule has 2 amide bonds. The van der Waals surface area contributed by atoms with Gasteiger partial charge in [-0.05, 0) is 102 Å². The van der Waals surface area contributed by atoms with Crippen LogP contribution in [0.15, 0.2) is 61.1 Å². The molecule has 5 heterocycles. The van der Waals surface area contributed by atoms with Gasteiger partial charge in [0.25, 0.3) is 0 Å². The summed E-state index contributed by atoms with van der Waals surface area (Å²) in [6.45, 7) is 20.5. The van der Waals surface area contributed by atoms with Gasteiger partial charge in [-0.25, -0.2) is 29.5 Å². The van der Waals surface area contributed by atoms with E-state index in [2.05, 4.69) is 61.0 Å². The van der Waals surface area contributed by atoms with Gasteiger partial charge in [-0.1, -0.05) is 50.0 Å². The Bertz CT molecular complexity index is 2230. The van der Waals surface area contributed by atoms with Crippen molar-refractivity contribution in [3.63, 3.8) is 0 Å². The fourth-order valence-corrected chi connectivity index (χ4v) is 8.26. The van der Waals surface area contributed by atoms with Gasteiger partial charge in [0.15, 0.2) is 5.82 Å². The molecule has 2 atom stereocenters. The Balaban J connectivity index is 1.08. The van der Waals surface area contributed by atoms with Crippen molar-refractivity contribution in [1.82, 2.24) is 39.3 Å². The average Bonchev–Trinajstić information content (AvgIpc) is 3.97. The highest BCUT2D eigenvalue weighted by atomic mass is 28.3. The Hall–Kier alpha value is -5.08. The third-order valence-corrected chi connectivity index (χ3v) is 12.1. The number of hydrogen-bond donors (Lipinski definition) is 1. The van der Waals surface area contributed by atoms with Crippen LogP contribution in [-0.2, 0) is 20.9 Å². The van der Waals surface area contributed by atoms with Crippen molar-refractivity contribution in [2.45, 2.75) is 123 Å². The highest BCUT2D eigenvalue weighted by molar-refractivity contribution is 6.76. The number of aromatic nitrogens is 6. The van der Waals surface area contributed by atoms with Gasteiger partial charge in [-0.2, -0.15) is 0 Å². The maximum Gasteiger partial charge on any atom is 0.410 e. The van der Waals surface area contributed by atoms with E-state index in [0.717, 1.165) is 82.4 Å². The molecule has 2 aliphatic rings. The first kappa shape index (κ1) is 41.1. The van der Waals surface area contributed by atoms with Crippen LogP contribution in [0.1, 0.15) is 91.0 Å². The predicted octanol–water partition coefficient (Wildman–Crippen LogP) is 10.0. The number of ether oxygens (including phenoxy) is 3. The topological polar surface area (TPSA) is 141 Å². The Labute approximate surface area is 342 Å². The number of nitrogens with zero attached hydrogens (tertiary/aromatic N) is 7. The van der Waals surface area contributed by atoms with Gasteiger partial charge < -0.3 is 19.2 Å². The molecule has 13 nitrogen and oxygen atoms in total. The number of fused-ring (bicyclic) bond motifs is 1. The maximum absolute atomic E-state index is 13.2. The number of rotatable bonds is 10. The van der Waals surface area contributed by atoms with Gasteiger partial charge in [-0.15, -0.1) is 0 Å². The highest BCUT2D eigenvalue weighted by Crippen LogP contribution is 2.36. The third-order valence-electron chi connectivity index (χ3n) is 10.4. The number of amides is 2. The molecule has 2 unspecified atom stereocenters. The molecule has 14 heteroatoms. The van der Waals surface area contributed by atoms with Crippen molar-refractivity contribution in [2.75, 3.05) is 19.7 Å². The molecule has 2 fully saturated rings. The van der Waals surface area contributed by atoms with Crippen molar-refractivity contribution in [3.8, 4) is 33.8 Å². The van der Waals surface area contributed by atoms with Crippen LogP contribution in [0.4, 0.5) is 9.59 Å². The second-order valence-electron chi connectivity index (χ2n) is 18.7. The normalized spacial score (nSPS) is 17.7. The van der Waals surface area contributed by atoms with Gasteiger partial charge in [0.2, 0.25) is 0 Å². The van der Waals surface area contributed by atoms with E-state index in [9.17, 15) is 9.59 Å². The van der Waals surface area contributed by atoms with Crippen LogP contribution in [0.5, 0.6) is 0 Å². The second kappa shape index (κ2) is 16.3. The quantitative estimate of drug-likeness (QED) is 0.108. The SMILES string of the molecule is CC(C)(C)OC(=O)N1CCCC1c1nc2ccc(-c3ccc(-c4cnc(-c5cnc(C6CCCN6C(=O)OC(C)(C)C)n5COCC[Si](C)(C)C)nc4)cc3)cc2[nH]1. The number of aromatic amines is 1. The van der Waals surface area contributed by atoms with Crippen LogP contribution in [-0.4, -0.2) is 90.4 Å². The number of likely N-dealkylation sites (tertiary alicyclic amines) is 2. The number of hydrogen-bond acceptors (Lipinski definition) is 9. The van der Waals surface area contributed by atoms with E-state index in [-0.39, 0.29) is 31.0 Å². The molecular formula is C44H58N8O5Si. The molecular weight excluding hydrogens is 749 g/mol. The van der Waals surface area contributed by atoms with Gasteiger partial charge in [0, 0.05) is 45.7 Å². The Kier molecular flexibility index (Phi) is 11.5. The van der Waals surface area contributed by atoms with E-state index < -0.39 is 19.3 Å². The summed E-state index contributed by atoms with van der Waals surface area (Å²) in [7, 11) is -1.29. The number of nitrogens with one attached hydrogen (secondary N) is 1. The van der Waals surface area contributed by atoms with Crippen molar-refractivity contribution < 1.29 is 23.8 Å². The smallest absolute Gasteiger partial charge is 0.410 e. The minimum atomic E-state index is -1.29. The zero-order valence-electron chi connectivity index (χ0n) is 35.5. The number of carbonyl (C=O) groups excluding carboxylic acids is 2. The fraction of sp³-hybridized carbons (Fsp3) is 0.500. The van der Waals surface area contributed by atoms with Gasteiger partial charge in [0.1, 0.15) is 35.3 Å². The summed E-state index contributed by atoms with van der Waals surface area (Å²) < 4.78 is 19.7. The molecule has 0 saturated carbocycles. The van der Waals surface area contributed by atoms with E-state index in [1.54, 1.807) is 16.0 Å². The van der Waals surface area contributed by atoms with Crippen molar-refractivity contribution in [3.05, 3.63) is 72.7 Å². The van der Waals surface area contributed by atoms with E-state index in [1.165, 1.54) is 0 Å². The minimum absolute atomic E-state index is 0.142. The van der Waals surface area contributed by atoms with Gasteiger partial charge in [0.05, 0.1) is 29.3 Å². The molecule has 0 aliphatic carbocycles. The molecule has 1 N–H and O–H groups in total. The van der Waals surface area contributed by atoms with Crippen molar-refractivity contribution in [1.29, 1.82) is 0 Å². The summed E-state index contributed by atoms with van der Waals surface area (Å²) in [5.41, 5.74) is 5.37. The van der Waals surface area contributed by atoms with Crippen LogP contribution in [0.25, 0.3) is 44.8 Å². The summed E-state index contributed by atoms with van der Waals surface area (Å²) in [6, 6.07) is 15.2. The predicted molar refractivity (Wildman–Crippen MR) is 228 cm³/mol. The Morgan fingerprint density at radius 2 is 1.33 bits per heavy atom. The lowest BCUT2D eigenvalue weighted by Crippen LogP contribution is -2.37. The highest BCUT2D eigenvalue weighted by Gasteiger charge is 2.37. The lowest BCUT2D eigenvalue weighted by atomic mass is 10.0. The van der Waals surface area contributed by atoms with E-state index >= 15 is 0 Å². The number of carbonyl (C=O) groups is 2. The van der Waals surface area contributed by atoms with Crippen LogP contribution in [0.3, 0.4) is 0 Å². The standard InChI is InChI=1S/C44H58N8O5Si/c1-43(2,3)56-41(53)50-20-10-12-35(50)39-48-33-19-18-31(24-34(33)49-39)29-14-16-30(17-15-29)32-25-45-38(46-26-32)37-27-47-40(52(37)28-55-22-23-58(7,8)9)36-13-11-21-51(36)42(54)57-44(4,5)6/h14-19,24-27,35-36H,10-13,20-23,28H2,1-9H3,(H,48,49). The molecule has 7 rings (SSSR count).